The third-order valence-corrected chi connectivity index (χ3v) is 6.67. The molecule has 28 heavy (non-hydrogen) atoms. The number of anilines is 1. The minimum atomic E-state index is -0.574. The number of benzene rings is 1. The van der Waals surface area contributed by atoms with Crippen molar-refractivity contribution in [3.05, 3.63) is 54.3 Å². The number of carbonyl (C=O) groups excluding carboxylic acids is 2. The number of rotatable bonds is 4. The summed E-state index contributed by atoms with van der Waals surface area (Å²) >= 11 is 0. The first-order valence-electron chi connectivity index (χ1n) is 9.65. The van der Waals surface area contributed by atoms with Crippen LogP contribution in [0.1, 0.15) is 18.4 Å². The van der Waals surface area contributed by atoms with E-state index in [2.05, 4.69) is 22.9 Å². The summed E-state index contributed by atoms with van der Waals surface area (Å²) in [5.41, 5.74) is 1.90. The second-order valence-electron chi connectivity index (χ2n) is 7.77. The van der Waals surface area contributed by atoms with Gasteiger partial charge in [-0.25, -0.2) is 4.79 Å². The summed E-state index contributed by atoms with van der Waals surface area (Å²) in [4.78, 5) is 28.0. The molecular formula is C22H26N2O4. The monoisotopic (exact) mass is 382 g/mol. The van der Waals surface area contributed by atoms with Gasteiger partial charge in [0.25, 0.3) is 0 Å². The number of nitrogens with one attached hydrogen (secondary N) is 1. The second-order valence-corrected chi connectivity index (χ2v) is 7.77. The van der Waals surface area contributed by atoms with Crippen molar-refractivity contribution in [1.82, 2.24) is 4.90 Å². The Morgan fingerprint density at radius 2 is 2.14 bits per heavy atom. The van der Waals surface area contributed by atoms with Crippen molar-refractivity contribution in [1.29, 1.82) is 0 Å². The predicted octanol–water partition coefficient (Wildman–Crippen LogP) is 2.48. The fourth-order valence-corrected chi connectivity index (χ4v) is 5.38. The number of hydrogen-bond donors (Lipinski definition) is 1. The van der Waals surface area contributed by atoms with Crippen LogP contribution in [-0.2, 0) is 24.5 Å². The Morgan fingerprint density at radius 1 is 1.36 bits per heavy atom. The highest BCUT2D eigenvalue weighted by molar-refractivity contribution is 6.07. The Labute approximate surface area is 165 Å². The number of para-hydroxylation sites is 1. The number of methoxy groups -OCH3 is 2. The Hall–Kier alpha value is -2.60. The van der Waals surface area contributed by atoms with Gasteiger partial charge in [-0.1, -0.05) is 24.3 Å². The van der Waals surface area contributed by atoms with Gasteiger partial charge in [0.1, 0.15) is 0 Å². The van der Waals surface area contributed by atoms with E-state index in [0.717, 1.165) is 30.8 Å². The molecule has 0 aromatic heterocycles. The normalized spacial score (nSPS) is 31.9. The largest absolute Gasteiger partial charge is 0.504 e. The van der Waals surface area contributed by atoms with Crippen LogP contribution >= 0.6 is 0 Å². The molecule has 4 rings (SSSR count). The smallest absolute Gasteiger partial charge is 0.337 e. The lowest BCUT2D eigenvalue weighted by Crippen LogP contribution is -2.53. The van der Waals surface area contributed by atoms with Gasteiger partial charge < -0.3 is 14.8 Å². The number of piperidine rings is 1. The summed E-state index contributed by atoms with van der Waals surface area (Å²) in [6.45, 7) is 5.60. The molecule has 0 radical (unpaired) electrons. The molecule has 6 heteroatoms. The molecule has 3 aliphatic rings. The number of esters is 1. The van der Waals surface area contributed by atoms with Crippen molar-refractivity contribution in [3.63, 3.8) is 0 Å². The lowest BCUT2D eigenvalue weighted by Gasteiger charge is -2.44. The Balaban J connectivity index is 1.75. The van der Waals surface area contributed by atoms with Gasteiger partial charge in [0.15, 0.2) is 0 Å². The highest BCUT2D eigenvalue weighted by Crippen LogP contribution is 2.52. The molecule has 0 bridgehead atoms. The first kappa shape index (κ1) is 18.7. The summed E-state index contributed by atoms with van der Waals surface area (Å²) < 4.78 is 10.2. The third kappa shape index (κ3) is 2.58. The van der Waals surface area contributed by atoms with Crippen molar-refractivity contribution in [2.24, 2.45) is 11.8 Å². The highest BCUT2D eigenvalue weighted by Gasteiger charge is 2.60. The van der Waals surface area contributed by atoms with E-state index in [9.17, 15) is 9.59 Å². The van der Waals surface area contributed by atoms with Gasteiger partial charge in [0.05, 0.1) is 31.5 Å². The summed E-state index contributed by atoms with van der Waals surface area (Å²) in [5, 5.41) is 3.07. The van der Waals surface area contributed by atoms with E-state index >= 15 is 0 Å². The van der Waals surface area contributed by atoms with Gasteiger partial charge in [-0.15, -0.1) is 6.58 Å². The van der Waals surface area contributed by atoms with Crippen LogP contribution in [0.5, 0.6) is 0 Å². The molecule has 6 nitrogen and oxygen atoms in total. The van der Waals surface area contributed by atoms with Crippen LogP contribution in [0.2, 0.25) is 0 Å². The quantitative estimate of drug-likeness (QED) is 0.375. The van der Waals surface area contributed by atoms with E-state index in [4.69, 9.17) is 9.47 Å². The van der Waals surface area contributed by atoms with Gasteiger partial charge in [0.2, 0.25) is 5.91 Å². The van der Waals surface area contributed by atoms with Crippen molar-refractivity contribution in [3.8, 4) is 0 Å². The van der Waals surface area contributed by atoms with Crippen molar-refractivity contribution in [2.45, 2.75) is 24.3 Å². The number of hydrogen-bond acceptors (Lipinski definition) is 5. The molecule has 1 aromatic rings. The number of ether oxygens (including phenoxy) is 2. The van der Waals surface area contributed by atoms with Crippen LogP contribution in [0.4, 0.5) is 5.69 Å². The van der Waals surface area contributed by atoms with Crippen LogP contribution < -0.4 is 5.32 Å². The molecule has 1 spiro atoms. The molecule has 4 atom stereocenters. The van der Waals surface area contributed by atoms with Crippen molar-refractivity contribution in [2.75, 3.05) is 32.6 Å². The van der Waals surface area contributed by atoms with Crippen LogP contribution in [0, 0.1) is 11.8 Å². The van der Waals surface area contributed by atoms with Gasteiger partial charge >= 0.3 is 5.97 Å². The van der Waals surface area contributed by atoms with Crippen LogP contribution in [0.3, 0.4) is 0 Å². The second kappa shape index (κ2) is 7.09. The van der Waals surface area contributed by atoms with E-state index in [1.54, 1.807) is 0 Å². The average molecular weight is 382 g/mol. The molecule has 1 N–H and O–H groups in total. The summed E-state index contributed by atoms with van der Waals surface area (Å²) in [7, 11) is 2.90. The fourth-order valence-electron chi connectivity index (χ4n) is 5.38. The standard InChI is InChI=1S/C22H26N2O4/c1-4-14-12-24-10-9-22(17-7-5-6-8-18(17)23-21(22)26)19(24)11-15(14)16(13-27-2)20(25)28-3/h4-8,13-15,19H,1,9-12H2,2-3H3,(H,23,26)/t14-,15-,19-,22-/m0/s1. The van der Waals surface area contributed by atoms with Crippen molar-refractivity contribution >= 4 is 17.6 Å². The highest BCUT2D eigenvalue weighted by atomic mass is 16.5. The Morgan fingerprint density at radius 3 is 2.86 bits per heavy atom. The van der Waals surface area contributed by atoms with Gasteiger partial charge in [-0.2, -0.15) is 0 Å². The summed E-state index contributed by atoms with van der Waals surface area (Å²) in [6.07, 6.45) is 4.83. The van der Waals surface area contributed by atoms with Crippen LogP contribution in [-0.4, -0.2) is 50.1 Å². The SMILES string of the molecule is C=C[C@H]1CN2CC[C@@]3(C(=O)Nc4ccccc43)[C@@H]2C[C@@H]1C(=COC)C(=O)OC. The lowest BCUT2D eigenvalue weighted by atomic mass is 9.68. The number of amides is 1. The number of fused-ring (bicyclic) bond motifs is 4. The zero-order valence-corrected chi connectivity index (χ0v) is 16.3. The molecule has 2 fully saturated rings. The molecule has 0 saturated carbocycles. The minimum absolute atomic E-state index is 0.0160. The minimum Gasteiger partial charge on any atom is -0.504 e. The van der Waals surface area contributed by atoms with E-state index in [-0.39, 0.29) is 23.8 Å². The average Bonchev–Trinajstić information content (AvgIpc) is 3.23. The first-order valence-corrected chi connectivity index (χ1v) is 9.65. The maximum atomic E-state index is 13.2. The van der Waals surface area contributed by atoms with Gasteiger partial charge in [0, 0.05) is 24.2 Å². The number of nitrogens with zero attached hydrogens (tertiary/aromatic N) is 1. The zero-order valence-electron chi connectivity index (χ0n) is 16.3. The van der Waals surface area contributed by atoms with E-state index in [0.29, 0.717) is 12.0 Å². The summed E-state index contributed by atoms with van der Waals surface area (Å²) in [6, 6.07) is 7.96. The number of carbonyl (C=O) groups is 2. The molecule has 148 valence electrons. The zero-order chi connectivity index (χ0) is 19.9. The summed E-state index contributed by atoms with van der Waals surface area (Å²) in [5.74, 6) is -0.351. The van der Waals surface area contributed by atoms with Crippen LogP contribution in [0.15, 0.2) is 48.8 Å². The molecule has 3 aliphatic heterocycles. The molecule has 0 unspecified atom stereocenters. The lowest BCUT2D eigenvalue weighted by molar-refractivity contribution is -0.137. The maximum Gasteiger partial charge on any atom is 0.337 e. The third-order valence-electron chi connectivity index (χ3n) is 6.67. The first-order chi connectivity index (χ1) is 13.6. The van der Waals surface area contributed by atoms with E-state index < -0.39 is 11.4 Å². The van der Waals surface area contributed by atoms with Crippen LogP contribution in [0.25, 0.3) is 0 Å². The van der Waals surface area contributed by atoms with Gasteiger partial charge in [-0.05, 0) is 36.9 Å². The molecular weight excluding hydrogens is 356 g/mol. The molecule has 3 heterocycles. The maximum absolute atomic E-state index is 13.2. The molecule has 2 saturated heterocycles. The molecule has 1 amide bonds. The van der Waals surface area contributed by atoms with E-state index in [1.165, 1.54) is 20.5 Å². The predicted molar refractivity (Wildman–Crippen MR) is 106 cm³/mol. The Kier molecular flexibility index (Phi) is 4.75. The van der Waals surface area contributed by atoms with Gasteiger partial charge in [-0.3, -0.25) is 9.69 Å². The van der Waals surface area contributed by atoms with Crippen molar-refractivity contribution < 1.29 is 19.1 Å². The fraction of sp³-hybridized carbons (Fsp3) is 0.455. The molecule has 0 aliphatic carbocycles. The van der Waals surface area contributed by atoms with E-state index in [1.807, 2.05) is 24.3 Å². The topological polar surface area (TPSA) is 67.9 Å². The molecule has 1 aromatic carbocycles. The Bertz CT molecular complexity index is 849.